The second-order valence-electron chi connectivity index (χ2n) is 5.94. The SMILES string of the molecule is CCc1ccccc1-n1c(C)cc(C=C2C(=O)NC(=O)NC2=O)c1C. The fourth-order valence-electron chi connectivity index (χ4n) is 3.09. The lowest BCUT2D eigenvalue weighted by atomic mass is 10.1. The van der Waals surface area contributed by atoms with E-state index in [1.54, 1.807) is 0 Å². The first-order valence-corrected chi connectivity index (χ1v) is 8.08. The number of nitrogens with zero attached hydrogens (tertiary/aromatic N) is 1. The van der Waals surface area contributed by atoms with Crippen molar-refractivity contribution in [1.82, 2.24) is 15.2 Å². The van der Waals surface area contributed by atoms with Crippen LogP contribution in [0.3, 0.4) is 0 Å². The molecule has 1 aromatic heterocycles. The maximum absolute atomic E-state index is 11.9. The van der Waals surface area contributed by atoms with Gasteiger partial charge in [-0.3, -0.25) is 20.2 Å². The molecular weight excluding hydrogens is 318 g/mol. The van der Waals surface area contributed by atoms with Gasteiger partial charge in [0.25, 0.3) is 11.8 Å². The van der Waals surface area contributed by atoms with Crippen molar-refractivity contribution >= 4 is 23.9 Å². The summed E-state index contributed by atoms with van der Waals surface area (Å²) >= 11 is 0. The smallest absolute Gasteiger partial charge is 0.318 e. The van der Waals surface area contributed by atoms with Crippen molar-refractivity contribution in [2.45, 2.75) is 27.2 Å². The van der Waals surface area contributed by atoms with E-state index in [0.29, 0.717) is 0 Å². The number of carbonyl (C=O) groups excluding carboxylic acids is 3. The monoisotopic (exact) mass is 337 g/mol. The molecule has 6 heteroatoms. The van der Waals surface area contributed by atoms with E-state index in [0.717, 1.165) is 29.1 Å². The highest BCUT2D eigenvalue weighted by Gasteiger charge is 2.28. The molecule has 0 unspecified atom stereocenters. The van der Waals surface area contributed by atoms with Gasteiger partial charge in [-0.15, -0.1) is 0 Å². The summed E-state index contributed by atoms with van der Waals surface area (Å²) in [6, 6.07) is 9.25. The molecule has 0 atom stereocenters. The van der Waals surface area contributed by atoms with E-state index < -0.39 is 17.8 Å². The Bertz CT molecular complexity index is 900. The van der Waals surface area contributed by atoms with Crippen molar-refractivity contribution in [3.63, 3.8) is 0 Å². The third-order valence-corrected chi connectivity index (χ3v) is 4.33. The molecule has 3 rings (SSSR count). The van der Waals surface area contributed by atoms with Crippen LogP contribution in [-0.2, 0) is 16.0 Å². The number of hydrogen-bond donors (Lipinski definition) is 2. The highest BCUT2D eigenvalue weighted by molar-refractivity contribution is 6.31. The van der Waals surface area contributed by atoms with Crippen LogP contribution >= 0.6 is 0 Å². The van der Waals surface area contributed by atoms with Gasteiger partial charge in [-0.05, 0) is 49.6 Å². The van der Waals surface area contributed by atoms with Gasteiger partial charge in [0.15, 0.2) is 0 Å². The van der Waals surface area contributed by atoms with Gasteiger partial charge in [-0.1, -0.05) is 25.1 Å². The third kappa shape index (κ3) is 2.98. The predicted molar refractivity (Wildman–Crippen MR) is 94.3 cm³/mol. The summed E-state index contributed by atoms with van der Waals surface area (Å²) < 4.78 is 2.11. The quantitative estimate of drug-likeness (QED) is 0.667. The number of urea groups is 1. The minimum atomic E-state index is -0.797. The number of amides is 4. The lowest BCUT2D eigenvalue weighted by Crippen LogP contribution is -2.51. The van der Waals surface area contributed by atoms with Crippen LogP contribution in [0.25, 0.3) is 11.8 Å². The Balaban J connectivity index is 2.09. The average Bonchev–Trinajstić information content (AvgIpc) is 2.84. The van der Waals surface area contributed by atoms with Gasteiger partial charge >= 0.3 is 6.03 Å². The Morgan fingerprint density at radius 3 is 2.32 bits per heavy atom. The van der Waals surface area contributed by atoms with Crippen molar-refractivity contribution in [1.29, 1.82) is 0 Å². The molecule has 2 aromatic rings. The third-order valence-electron chi connectivity index (χ3n) is 4.33. The summed E-state index contributed by atoms with van der Waals surface area (Å²) in [5, 5.41) is 4.17. The summed E-state index contributed by atoms with van der Waals surface area (Å²) in [5.74, 6) is -1.37. The van der Waals surface area contributed by atoms with Crippen LogP contribution in [0.4, 0.5) is 4.79 Å². The molecule has 0 spiro atoms. The molecule has 1 aliphatic heterocycles. The second kappa shape index (κ2) is 6.39. The topological polar surface area (TPSA) is 80.2 Å². The zero-order chi connectivity index (χ0) is 18.1. The summed E-state index contributed by atoms with van der Waals surface area (Å²) in [6.07, 6.45) is 2.42. The fraction of sp³-hybridized carbons (Fsp3) is 0.211. The van der Waals surface area contributed by atoms with Crippen molar-refractivity contribution in [2.75, 3.05) is 0 Å². The van der Waals surface area contributed by atoms with Crippen LogP contribution in [0.5, 0.6) is 0 Å². The molecule has 1 saturated heterocycles. The number of barbiturate groups is 1. The first-order chi connectivity index (χ1) is 11.9. The van der Waals surface area contributed by atoms with Crippen LogP contribution < -0.4 is 10.6 Å². The molecule has 25 heavy (non-hydrogen) atoms. The highest BCUT2D eigenvalue weighted by Crippen LogP contribution is 2.25. The lowest BCUT2D eigenvalue weighted by molar-refractivity contribution is -0.123. The Morgan fingerprint density at radius 1 is 1.04 bits per heavy atom. The van der Waals surface area contributed by atoms with Gasteiger partial charge in [0.1, 0.15) is 5.57 Å². The number of carbonyl (C=O) groups is 3. The molecule has 4 amide bonds. The van der Waals surface area contributed by atoms with Crippen molar-refractivity contribution in [3.8, 4) is 5.69 Å². The van der Waals surface area contributed by atoms with Crippen LogP contribution in [0, 0.1) is 13.8 Å². The molecule has 0 aliphatic carbocycles. The van der Waals surface area contributed by atoms with Crippen LogP contribution in [0.2, 0.25) is 0 Å². The molecule has 1 aromatic carbocycles. The van der Waals surface area contributed by atoms with E-state index in [4.69, 9.17) is 0 Å². The van der Waals surface area contributed by atoms with Gasteiger partial charge in [-0.25, -0.2) is 4.79 Å². The van der Waals surface area contributed by atoms with Crippen molar-refractivity contribution in [2.24, 2.45) is 0 Å². The normalized spacial score (nSPS) is 14.4. The molecule has 2 heterocycles. The Kier molecular flexibility index (Phi) is 4.27. The minimum Gasteiger partial charge on any atom is -0.318 e. The van der Waals surface area contributed by atoms with Crippen LogP contribution in [0.15, 0.2) is 35.9 Å². The van der Waals surface area contributed by atoms with Crippen LogP contribution in [0.1, 0.15) is 29.4 Å². The number of aromatic nitrogens is 1. The van der Waals surface area contributed by atoms with E-state index in [1.165, 1.54) is 11.6 Å². The summed E-state index contributed by atoms with van der Waals surface area (Å²) in [7, 11) is 0. The first kappa shape index (κ1) is 16.7. The molecule has 2 N–H and O–H groups in total. The maximum atomic E-state index is 11.9. The predicted octanol–water partition coefficient (Wildman–Crippen LogP) is 2.41. The van der Waals surface area contributed by atoms with E-state index in [1.807, 2.05) is 32.0 Å². The van der Waals surface area contributed by atoms with Gasteiger partial charge in [0.2, 0.25) is 0 Å². The fourth-order valence-corrected chi connectivity index (χ4v) is 3.09. The van der Waals surface area contributed by atoms with Crippen molar-refractivity contribution in [3.05, 3.63) is 58.4 Å². The van der Waals surface area contributed by atoms with Gasteiger partial charge in [0, 0.05) is 17.1 Å². The number of aryl methyl sites for hydroxylation is 2. The number of hydrogen-bond acceptors (Lipinski definition) is 3. The molecular formula is C19H19N3O3. The molecule has 128 valence electrons. The van der Waals surface area contributed by atoms with Gasteiger partial charge in [0.05, 0.1) is 0 Å². The molecule has 1 aliphatic rings. The Hall–Kier alpha value is -3.15. The zero-order valence-electron chi connectivity index (χ0n) is 14.3. The Labute approximate surface area is 145 Å². The molecule has 0 bridgehead atoms. The molecule has 0 saturated carbocycles. The summed E-state index contributed by atoms with van der Waals surface area (Å²) in [6.45, 7) is 6.02. The average molecular weight is 337 g/mol. The van der Waals surface area contributed by atoms with Gasteiger partial charge < -0.3 is 4.57 Å². The number of imide groups is 2. The summed E-state index contributed by atoms with van der Waals surface area (Å²) in [4.78, 5) is 35.0. The standard InChI is InChI=1S/C19H19N3O3/c1-4-13-7-5-6-8-16(13)22-11(2)9-14(12(22)3)10-15-17(23)20-19(25)21-18(15)24/h5-10H,4H2,1-3H3,(H2,20,21,23,24,25). The molecule has 0 radical (unpaired) electrons. The maximum Gasteiger partial charge on any atom is 0.328 e. The summed E-state index contributed by atoms with van der Waals surface area (Å²) in [5.41, 5.74) is 4.89. The van der Waals surface area contributed by atoms with Crippen molar-refractivity contribution < 1.29 is 14.4 Å². The number of nitrogens with one attached hydrogen (secondary N) is 2. The van der Waals surface area contributed by atoms with E-state index >= 15 is 0 Å². The Morgan fingerprint density at radius 2 is 1.68 bits per heavy atom. The number of benzene rings is 1. The second-order valence-corrected chi connectivity index (χ2v) is 5.94. The van der Waals surface area contributed by atoms with E-state index in [-0.39, 0.29) is 5.57 Å². The van der Waals surface area contributed by atoms with Gasteiger partial charge in [-0.2, -0.15) is 0 Å². The minimum absolute atomic E-state index is 0.0800. The largest absolute Gasteiger partial charge is 0.328 e. The number of para-hydroxylation sites is 1. The first-order valence-electron chi connectivity index (χ1n) is 8.08. The van der Waals surface area contributed by atoms with Crippen LogP contribution in [-0.4, -0.2) is 22.4 Å². The number of rotatable bonds is 3. The van der Waals surface area contributed by atoms with E-state index in [9.17, 15) is 14.4 Å². The molecule has 1 fully saturated rings. The zero-order valence-corrected chi connectivity index (χ0v) is 14.3. The molecule has 6 nitrogen and oxygen atoms in total. The lowest BCUT2D eigenvalue weighted by Gasteiger charge is -2.15. The highest BCUT2D eigenvalue weighted by atomic mass is 16.2. The van der Waals surface area contributed by atoms with E-state index in [2.05, 4.69) is 34.3 Å².